The molecule has 3 aromatic carbocycles. The zero-order chi connectivity index (χ0) is 30.6. The average molecular weight is 610 g/mol. The van der Waals surface area contributed by atoms with Gasteiger partial charge in [-0.15, -0.1) is 5.10 Å². The molecule has 0 spiro atoms. The number of tetrazole rings is 1. The topological polar surface area (TPSA) is 138 Å². The molecule has 0 fully saturated rings. The van der Waals surface area contributed by atoms with E-state index in [1.807, 2.05) is 42.5 Å². The number of hydrogen-bond acceptors (Lipinski definition) is 7. The van der Waals surface area contributed by atoms with E-state index in [0.29, 0.717) is 58.2 Å². The first-order chi connectivity index (χ1) is 21.4. The van der Waals surface area contributed by atoms with Crippen LogP contribution in [0.2, 0.25) is 5.02 Å². The lowest BCUT2D eigenvalue weighted by Crippen LogP contribution is -2.33. The summed E-state index contributed by atoms with van der Waals surface area (Å²) in [4.78, 5) is 24.7. The van der Waals surface area contributed by atoms with Crippen LogP contribution < -0.4 is 15.4 Å². The van der Waals surface area contributed by atoms with Gasteiger partial charge in [0.05, 0.1) is 24.4 Å². The molecule has 1 unspecified atom stereocenters. The summed E-state index contributed by atoms with van der Waals surface area (Å²) in [6.45, 7) is 0. The zero-order valence-corrected chi connectivity index (χ0v) is 24.5. The Labute approximate surface area is 258 Å². The maximum atomic E-state index is 13.7. The van der Waals surface area contributed by atoms with Crippen molar-refractivity contribution in [2.45, 2.75) is 31.6 Å². The number of nitrogens with one attached hydrogen (secondary N) is 2. The minimum Gasteiger partial charge on any atom is -0.618 e. The van der Waals surface area contributed by atoms with Crippen molar-refractivity contribution in [2.24, 2.45) is 0 Å². The molecule has 0 saturated heterocycles. The van der Waals surface area contributed by atoms with Gasteiger partial charge in [0.1, 0.15) is 6.33 Å². The number of anilines is 2. The van der Waals surface area contributed by atoms with E-state index in [4.69, 9.17) is 16.3 Å². The van der Waals surface area contributed by atoms with Crippen LogP contribution in [0.25, 0.3) is 27.9 Å². The number of aromatic nitrogens is 5. The highest BCUT2D eigenvalue weighted by Crippen LogP contribution is 2.37. The molecule has 0 saturated carbocycles. The fraction of sp³-hybridized carbons (Fsp3) is 0.188. The second-order valence-corrected chi connectivity index (χ2v) is 10.9. The number of carbonyl (C=O) groups excluding carboxylic acids is 2. The number of rotatable bonds is 4. The predicted molar refractivity (Wildman–Crippen MR) is 165 cm³/mol. The Bertz CT molecular complexity index is 1840. The molecule has 222 valence electrons. The molecule has 12 heteroatoms. The van der Waals surface area contributed by atoms with Crippen molar-refractivity contribution in [3.05, 3.63) is 107 Å². The third-order valence-electron chi connectivity index (χ3n) is 7.64. The average Bonchev–Trinajstić information content (AvgIpc) is 3.56. The lowest BCUT2D eigenvalue weighted by Gasteiger charge is -2.20. The summed E-state index contributed by atoms with van der Waals surface area (Å²) in [6, 6.07) is 22.4. The summed E-state index contributed by atoms with van der Waals surface area (Å²) in [7, 11) is 1.29. The largest absolute Gasteiger partial charge is 0.618 e. The Morgan fingerprint density at radius 1 is 1.07 bits per heavy atom. The molecule has 1 aliphatic rings. The van der Waals surface area contributed by atoms with Crippen LogP contribution in [0.5, 0.6) is 0 Å². The van der Waals surface area contributed by atoms with E-state index < -0.39 is 6.09 Å². The van der Waals surface area contributed by atoms with E-state index >= 15 is 0 Å². The van der Waals surface area contributed by atoms with Crippen LogP contribution >= 0.6 is 11.6 Å². The van der Waals surface area contributed by atoms with Gasteiger partial charge in [-0.2, -0.15) is 9.41 Å². The maximum Gasteiger partial charge on any atom is 0.411 e. The molecule has 11 nitrogen and oxygen atoms in total. The van der Waals surface area contributed by atoms with Crippen LogP contribution in [0, 0.1) is 5.21 Å². The summed E-state index contributed by atoms with van der Waals surface area (Å²) >= 11 is 6.33. The summed E-state index contributed by atoms with van der Waals surface area (Å²) in [5.74, 6) is -0.344. The zero-order valence-electron chi connectivity index (χ0n) is 23.7. The number of pyridine rings is 1. The number of hydrogen-bond donors (Lipinski definition) is 2. The summed E-state index contributed by atoms with van der Waals surface area (Å²) in [5.41, 5.74) is 6.36. The fourth-order valence-corrected chi connectivity index (χ4v) is 5.71. The minimum absolute atomic E-state index is 0.127. The maximum absolute atomic E-state index is 13.7. The molecule has 2 amide bonds. The Balaban J connectivity index is 1.40. The van der Waals surface area contributed by atoms with Gasteiger partial charge in [0.2, 0.25) is 5.91 Å². The molecule has 2 bridgehead atoms. The molecule has 1 atom stereocenters. The minimum atomic E-state index is -0.604. The fourth-order valence-electron chi connectivity index (χ4n) is 5.53. The van der Waals surface area contributed by atoms with Crippen molar-refractivity contribution in [3.8, 4) is 27.9 Å². The molecule has 0 radical (unpaired) electrons. The number of carbonyl (C=O) groups is 2. The van der Waals surface area contributed by atoms with E-state index in [1.165, 1.54) is 18.1 Å². The molecule has 2 aromatic heterocycles. The van der Waals surface area contributed by atoms with Gasteiger partial charge < -0.3 is 15.3 Å². The standard InChI is InChI=1S/C32H28ClN7O4/c1-44-32(42)35-24-11-12-25-20-5-4-6-21(15-20)26(7-2-3-8-31(41)36-28(25)17-24)30-13-9-22(18-40(30)43)27-16-23(33)10-14-29(27)39-19-34-37-38-39/h4-6,9-19,26H,2-3,7-8H2,1H3,(H,35,42)(H,36,41). The van der Waals surface area contributed by atoms with Gasteiger partial charge in [-0.3, -0.25) is 10.1 Å². The molecular weight excluding hydrogens is 582 g/mol. The monoisotopic (exact) mass is 609 g/mol. The highest BCUT2D eigenvalue weighted by atomic mass is 35.5. The van der Waals surface area contributed by atoms with Gasteiger partial charge in [-0.05, 0) is 70.8 Å². The normalized spacial score (nSPS) is 14.9. The number of methoxy groups -OCH3 is 1. The Kier molecular flexibility index (Phi) is 8.20. The van der Waals surface area contributed by atoms with Crippen molar-refractivity contribution in [2.75, 3.05) is 17.7 Å². The third kappa shape index (κ3) is 6.09. The van der Waals surface area contributed by atoms with Crippen LogP contribution in [0.15, 0.2) is 85.3 Å². The number of nitrogens with zero attached hydrogens (tertiary/aromatic N) is 5. The molecule has 1 aliphatic heterocycles. The molecular formula is C32H28ClN7O4. The van der Waals surface area contributed by atoms with E-state index in [1.54, 1.807) is 36.5 Å². The first-order valence-corrected chi connectivity index (χ1v) is 14.4. The van der Waals surface area contributed by atoms with Crippen molar-refractivity contribution in [1.82, 2.24) is 20.2 Å². The second kappa shape index (κ2) is 12.5. The molecule has 5 aromatic rings. The summed E-state index contributed by atoms with van der Waals surface area (Å²) in [5, 5.41) is 31.3. The predicted octanol–water partition coefficient (Wildman–Crippen LogP) is 6.11. The second-order valence-electron chi connectivity index (χ2n) is 10.4. The molecule has 6 rings (SSSR count). The number of ether oxygens (including phenoxy) is 1. The van der Waals surface area contributed by atoms with E-state index in [9.17, 15) is 14.8 Å². The van der Waals surface area contributed by atoms with Crippen molar-refractivity contribution < 1.29 is 19.1 Å². The number of benzene rings is 3. The molecule has 2 N–H and O–H groups in total. The number of fused-ring (bicyclic) bond motifs is 4. The lowest BCUT2D eigenvalue weighted by molar-refractivity contribution is -0.614. The molecule has 3 heterocycles. The van der Waals surface area contributed by atoms with E-state index in [-0.39, 0.29) is 11.8 Å². The van der Waals surface area contributed by atoms with E-state index in [0.717, 1.165) is 27.8 Å². The van der Waals surface area contributed by atoms with Crippen molar-refractivity contribution >= 4 is 35.0 Å². The Hall–Kier alpha value is -5.29. The van der Waals surface area contributed by atoms with Crippen LogP contribution in [-0.4, -0.2) is 39.3 Å². The van der Waals surface area contributed by atoms with Crippen molar-refractivity contribution in [3.63, 3.8) is 0 Å². The SMILES string of the molecule is COC(=O)Nc1ccc2c(c1)NC(=O)CCCCC(c1ccc(-c3cc(Cl)ccc3-n3cnnn3)c[n+]1[O-])c1cccc-2c1. The van der Waals surface area contributed by atoms with Gasteiger partial charge in [-0.25, -0.2) is 4.79 Å². The first kappa shape index (κ1) is 28.8. The smallest absolute Gasteiger partial charge is 0.411 e. The quantitative estimate of drug-likeness (QED) is 0.185. The highest BCUT2D eigenvalue weighted by molar-refractivity contribution is 6.31. The summed E-state index contributed by atoms with van der Waals surface area (Å²) in [6.07, 6.45) is 4.81. The van der Waals surface area contributed by atoms with Crippen LogP contribution in [-0.2, 0) is 9.53 Å². The first-order valence-electron chi connectivity index (χ1n) is 14.0. The van der Waals surface area contributed by atoms with Gasteiger partial charge in [0.15, 0.2) is 11.9 Å². The van der Waals surface area contributed by atoms with Crippen molar-refractivity contribution in [1.29, 1.82) is 0 Å². The van der Waals surface area contributed by atoms with Gasteiger partial charge >= 0.3 is 6.09 Å². The van der Waals surface area contributed by atoms with E-state index in [2.05, 4.69) is 26.2 Å². The Morgan fingerprint density at radius 2 is 1.95 bits per heavy atom. The van der Waals surface area contributed by atoms with Gasteiger partial charge in [0, 0.05) is 39.9 Å². The third-order valence-corrected chi connectivity index (χ3v) is 7.87. The van der Waals surface area contributed by atoms with Crippen LogP contribution in [0.3, 0.4) is 0 Å². The molecule has 0 aliphatic carbocycles. The van der Waals surface area contributed by atoms with Gasteiger partial charge in [0.25, 0.3) is 0 Å². The van der Waals surface area contributed by atoms with Crippen LogP contribution in [0.4, 0.5) is 16.2 Å². The number of halogens is 1. The van der Waals surface area contributed by atoms with Crippen LogP contribution in [0.1, 0.15) is 42.9 Å². The Morgan fingerprint density at radius 3 is 2.75 bits per heavy atom. The molecule has 44 heavy (non-hydrogen) atoms. The van der Waals surface area contributed by atoms with Gasteiger partial charge in [-0.1, -0.05) is 48.4 Å². The summed E-state index contributed by atoms with van der Waals surface area (Å²) < 4.78 is 7.14. The number of amides is 2. The highest BCUT2D eigenvalue weighted by Gasteiger charge is 2.25. The lowest BCUT2D eigenvalue weighted by atomic mass is 9.87.